The van der Waals surface area contributed by atoms with Crippen LogP contribution in [-0.2, 0) is 0 Å². The van der Waals surface area contributed by atoms with Gasteiger partial charge in [0, 0.05) is 48.9 Å². The van der Waals surface area contributed by atoms with Crippen LogP contribution >= 0.6 is 0 Å². The molecule has 2 aliphatic rings. The van der Waals surface area contributed by atoms with E-state index in [9.17, 15) is 14.3 Å². The molecular weight excluding hydrogens is 469 g/mol. The number of benzene rings is 3. The fraction of sp³-hybridized carbons (Fsp3) is 0.300. The van der Waals surface area contributed by atoms with Gasteiger partial charge in [-0.25, -0.2) is 9.18 Å². The molecule has 0 radical (unpaired) electrons. The SMILES string of the molecule is COc1ccc(NC(=O)N2CCCN3CC[C@H](c4ccc(C#Cc5ccc(F)cc5O)cc4)[C@@H]3C2)cc1. The predicted molar refractivity (Wildman–Crippen MR) is 141 cm³/mol. The largest absolute Gasteiger partial charge is 0.507 e. The summed E-state index contributed by atoms with van der Waals surface area (Å²) >= 11 is 0. The second-order valence-electron chi connectivity index (χ2n) is 9.49. The van der Waals surface area contributed by atoms with Crippen molar-refractivity contribution in [1.29, 1.82) is 0 Å². The third-order valence-electron chi connectivity index (χ3n) is 7.21. The minimum absolute atomic E-state index is 0.0765. The van der Waals surface area contributed by atoms with Crippen LogP contribution < -0.4 is 10.1 Å². The zero-order valence-corrected chi connectivity index (χ0v) is 20.8. The van der Waals surface area contributed by atoms with Gasteiger partial charge in [-0.15, -0.1) is 0 Å². The van der Waals surface area contributed by atoms with E-state index < -0.39 is 5.82 Å². The Labute approximate surface area is 216 Å². The number of carbonyl (C=O) groups excluding carboxylic acids is 1. The van der Waals surface area contributed by atoms with Crippen molar-refractivity contribution in [2.45, 2.75) is 24.8 Å². The molecule has 2 saturated heterocycles. The van der Waals surface area contributed by atoms with E-state index >= 15 is 0 Å². The van der Waals surface area contributed by atoms with Gasteiger partial charge in [-0.2, -0.15) is 0 Å². The van der Waals surface area contributed by atoms with Crippen LogP contribution in [0.15, 0.2) is 66.7 Å². The Hall–Kier alpha value is -4.02. The van der Waals surface area contributed by atoms with Crippen molar-refractivity contribution >= 4 is 11.7 Å². The van der Waals surface area contributed by atoms with Gasteiger partial charge >= 0.3 is 6.03 Å². The summed E-state index contributed by atoms with van der Waals surface area (Å²) in [6.07, 6.45) is 2.00. The first-order valence-electron chi connectivity index (χ1n) is 12.5. The number of hydrogen-bond donors (Lipinski definition) is 2. The molecule has 2 atom stereocenters. The number of halogens is 1. The summed E-state index contributed by atoms with van der Waals surface area (Å²) in [4.78, 5) is 17.5. The first kappa shape index (κ1) is 24.7. The highest BCUT2D eigenvalue weighted by Gasteiger charge is 2.38. The maximum Gasteiger partial charge on any atom is 0.321 e. The molecule has 2 N–H and O–H groups in total. The van der Waals surface area contributed by atoms with E-state index in [1.54, 1.807) is 7.11 Å². The van der Waals surface area contributed by atoms with Gasteiger partial charge in [0.25, 0.3) is 0 Å². The summed E-state index contributed by atoms with van der Waals surface area (Å²) in [6.45, 7) is 3.41. The number of carbonyl (C=O) groups is 1. The van der Waals surface area contributed by atoms with E-state index in [1.807, 2.05) is 41.3 Å². The van der Waals surface area contributed by atoms with Crippen LogP contribution in [0.25, 0.3) is 0 Å². The summed E-state index contributed by atoms with van der Waals surface area (Å²) in [5, 5.41) is 12.9. The lowest BCUT2D eigenvalue weighted by Gasteiger charge is -2.30. The quantitative estimate of drug-likeness (QED) is 0.496. The number of anilines is 1. The lowest BCUT2D eigenvalue weighted by molar-refractivity contribution is 0.197. The molecule has 0 spiro atoms. The van der Waals surface area contributed by atoms with Crippen molar-refractivity contribution in [1.82, 2.24) is 9.80 Å². The molecule has 5 rings (SSSR count). The average Bonchev–Trinajstić information content (AvgIpc) is 3.18. The molecule has 2 aliphatic heterocycles. The number of nitrogens with one attached hydrogen (secondary N) is 1. The lowest BCUT2D eigenvalue weighted by Crippen LogP contribution is -2.43. The highest BCUT2D eigenvalue weighted by atomic mass is 19.1. The molecule has 6 nitrogen and oxygen atoms in total. The monoisotopic (exact) mass is 499 g/mol. The van der Waals surface area contributed by atoms with Gasteiger partial charge in [-0.1, -0.05) is 24.0 Å². The number of aromatic hydroxyl groups is 1. The molecule has 7 heteroatoms. The van der Waals surface area contributed by atoms with Crippen molar-refractivity contribution in [2.75, 3.05) is 38.6 Å². The van der Waals surface area contributed by atoms with Crippen LogP contribution in [0.1, 0.15) is 35.4 Å². The number of methoxy groups -OCH3 is 1. The Morgan fingerprint density at radius 3 is 2.54 bits per heavy atom. The third-order valence-corrected chi connectivity index (χ3v) is 7.21. The molecule has 3 aromatic rings. The molecule has 0 saturated carbocycles. The van der Waals surface area contributed by atoms with Crippen molar-refractivity contribution in [2.24, 2.45) is 0 Å². The van der Waals surface area contributed by atoms with E-state index in [-0.39, 0.29) is 17.8 Å². The molecule has 2 amide bonds. The molecule has 190 valence electrons. The van der Waals surface area contributed by atoms with E-state index in [2.05, 4.69) is 34.2 Å². The second kappa shape index (κ2) is 10.9. The van der Waals surface area contributed by atoms with Crippen LogP contribution in [0.4, 0.5) is 14.9 Å². The van der Waals surface area contributed by atoms with Crippen LogP contribution in [0.3, 0.4) is 0 Å². The third kappa shape index (κ3) is 5.71. The zero-order chi connectivity index (χ0) is 25.8. The Balaban J connectivity index is 1.27. The number of hydrogen-bond acceptors (Lipinski definition) is 4. The molecule has 0 aromatic heterocycles. The highest BCUT2D eigenvalue weighted by Crippen LogP contribution is 2.35. The van der Waals surface area contributed by atoms with Gasteiger partial charge < -0.3 is 20.1 Å². The van der Waals surface area contributed by atoms with Gasteiger partial charge in [0.1, 0.15) is 17.3 Å². The Morgan fingerprint density at radius 2 is 1.81 bits per heavy atom. The zero-order valence-electron chi connectivity index (χ0n) is 20.8. The van der Waals surface area contributed by atoms with Gasteiger partial charge in [-0.3, -0.25) is 4.90 Å². The number of phenols is 1. The smallest absolute Gasteiger partial charge is 0.321 e. The Kier molecular flexibility index (Phi) is 7.29. The Bertz CT molecular complexity index is 1310. The summed E-state index contributed by atoms with van der Waals surface area (Å²) < 4.78 is 18.4. The van der Waals surface area contributed by atoms with Crippen LogP contribution in [0.2, 0.25) is 0 Å². The van der Waals surface area contributed by atoms with Crippen LogP contribution in [0, 0.1) is 17.7 Å². The number of amides is 2. The standard InChI is InChI=1S/C30H30FN3O3/c1-37-26-13-11-25(12-14-26)32-30(36)34-17-2-16-33-18-15-27(28(33)20-34)22-6-3-21(4-7-22)5-8-23-9-10-24(31)19-29(23)35/h3-4,6-7,9-14,19,27-28,35H,2,15-18,20H2,1H3,(H,32,36)/t27-,28+/m1/s1. The average molecular weight is 500 g/mol. The number of fused-ring (bicyclic) bond motifs is 1. The van der Waals surface area contributed by atoms with Crippen molar-refractivity contribution in [3.05, 3.63) is 89.2 Å². The topological polar surface area (TPSA) is 65.0 Å². The van der Waals surface area contributed by atoms with Crippen LogP contribution in [0.5, 0.6) is 11.5 Å². The number of urea groups is 1. The van der Waals surface area contributed by atoms with Crippen molar-refractivity contribution < 1.29 is 19.0 Å². The minimum atomic E-state index is -0.492. The van der Waals surface area contributed by atoms with Crippen molar-refractivity contribution in [3.63, 3.8) is 0 Å². The highest BCUT2D eigenvalue weighted by molar-refractivity contribution is 5.89. The van der Waals surface area contributed by atoms with Crippen molar-refractivity contribution in [3.8, 4) is 23.3 Å². The molecule has 2 fully saturated rings. The van der Waals surface area contributed by atoms with E-state index in [0.717, 1.165) is 55.5 Å². The maximum atomic E-state index is 13.2. The normalized spacial score (nSPS) is 19.4. The van der Waals surface area contributed by atoms with E-state index in [4.69, 9.17) is 4.74 Å². The first-order chi connectivity index (χ1) is 18.0. The molecule has 37 heavy (non-hydrogen) atoms. The molecule has 0 aliphatic carbocycles. The lowest BCUT2D eigenvalue weighted by atomic mass is 9.91. The van der Waals surface area contributed by atoms with Gasteiger partial charge in [-0.05, 0) is 73.5 Å². The number of nitrogens with zero attached hydrogens (tertiary/aromatic N) is 2. The van der Waals surface area contributed by atoms with Gasteiger partial charge in [0.05, 0.1) is 12.7 Å². The minimum Gasteiger partial charge on any atom is -0.507 e. The van der Waals surface area contributed by atoms with E-state index in [1.165, 1.54) is 17.7 Å². The number of rotatable bonds is 3. The maximum absolute atomic E-state index is 13.2. The second-order valence-corrected chi connectivity index (χ2v) is 9.49. The summed E-state index contributed by atoms with van der Waals surface area (Å²) in [7, 11) is 1.62. The fourth-order valence-corrected chi connectivity index (χ4v) is 5.23. The molecule has 3 aromatic carbocycles. The van der Waals surface area contributed by atoms with E-state index in [0.29, 0.717) is 18.0 Å². The first-order valence-corrected chi connectivity index (χ1v) is 12.5. The van der Waals surface area contributed by atoms with Gasteiger partial charge in [0.2, 0.25) is 0 Å². The Morgan fingerprint density at radius 1 is 1.03 bits per heavy atom. The fourth-order valence-electron chi connectivity index (χ4n) is 5.23. The molecular formula is C30H30FN3O3. The summed E-state index contributed by atoms with van der Waals surface area (Å²) in [6, 6.07) is 19.6. The van der Waals surface area contributed by atoms with Crippen LogP contribution in [-0.4, -0.2) is 60.3 Å². The molecule has 2 heterocycles. The number of phenolic OH excluding ortho intramolecular Hbond substituents is 1. The molecule has 0 bridgehead atoms. The number of ether oxygens (including phenoxy) is 1. The summed E-state index contributed by atoms with van der Waals surface area (Å²) in [5.74, 6) is 6.38. The predicted octanol–water partition coefficient (Wildman–Crippen LogP) is 5.04. The molecule has 0 unspecified atom stereocenters. The van der Waals surface area contributed by atoms with Gasteiger partial charge in [0.15, 0.2) is 0 Å². The summed E-state index contributed by atoms with van der Waals surface area (Å²) in [5.41, 5.74) is 3.20.